The second-order valence-corrected chi connectivity index (χ2v) is 13.0. The standard InChI is InChI=1S/C42H27ClN2OS/c43-28-25-36-34-19-10-11-22-40(34)47-42(36)38(26-28)45(31-17-8-3-9-18-31)32-23-24-33-35-20-12-21-37(41(35)46-39(33)27-32)44(29-13-4-1-5-14-29)30-15-6-2-7-16-30/h1-27H. The zero-order chi connectivity index (χ0) is 31.3. The van der Waals surface area contributed by atoms with Gasteiger partial charge in [-0.05, 0) is 72.8 Å². The quantitative estimate of drug-likeness (QED) is 0.180. The first-order valence-corrected chi connectivity index (χ1v) is 16.7. The average molecular weight is 643 g/mol. The zero-order valence-electron chi connectivity index (χ0n) is 25.2. The molecule has 0 aliphatic carbocycles. The predicted octanol–water partition coefficient (Wildman–Crippen LogP) is 13.5. The van der Waals surface area contributed by atoms with Gasteiger partial charge in [0.1, 0.15) is 5.58 Å². The maximum atomic E-state index is 6.85. The smallest absolute Gasteiger partial charge is 0.159 e. The zero-order valence-corrected chi connectivity index (χ0v) is 26.7. The van der Waals surface area contributed by atoms with Crippen LogP contribution in [0.4, 0.5) is 34.1 Å². The van der Waals surface area contributed by atoms with E-state index in [2.05, 4.69) is 155 Å². The molecule has 0 saturated carbocycles. The van der Waals surface area contributed by atoms with Gasteiger partial charge in [-0.25, -0.2) is 0 Å². The van der Waals surface area contributed by atoms with Gasteiger partial charge in [-0.1, -0.05) is 96.5 Å². The first-order valence-electron chi connectivity index (χ1n) is 15.5. The Balaban J connectivity index is 1.26. The van der Waals surface area contributed by atoms with Crippen LogP contribution in [0.1, 0.15) is 0 Å². The third kappa shape index (κ3) is 4.73. The maximum Gasteiger partial charge on any atom is 0.159 e. The normalized spacial score (nSPS) is 11.5. The highest BCUT2D eigenvalue weighted by Crippen LogP contribution is 2.48. The summed E-state index contributed by atoms with van der Waals surface area (Å²) in [6, 6.07) is 56.9. The molecule has 0 unspecified atom stereocenters. The number of benzene rings is 7. The van der Waals surface area contributed by atoms with Gasteiger partial charge in [-0.15, -0.1) is 11.3 Å². The monoisotopic (exact) mass is 642 g/mol. The molecule has 0 radical (unpaired) electrons. The average Bonchev–Trinajstić information content (AvgIpc) is 3.69. The van der Waals surface area contributed by atoms with Crippen molar-refractivity contribution in [2.45, 2.75) is 0 Å². The first-order chi connectivity index (χ1) is 23.2. The molecule has 0 bridgehead atoms. The van der Waals surface area contributed by atoms with E-state index in [4.69, 9.17) is 16.0 Å². The van der Waals surface area contributed by atoms with Crippen molar-refractivity contribution in [2.75, 3.05) is 9.80 Å². The second kappa shape index (κ2) is 11.4. The Morgan fingerprint density at radius 1 is 0.447 bits per heavy atom. The van der Waals surface area contributed by atoms with Crippen molar-refractivity contribution in [1.82, 2.24) is 0 Å². The summed E-state index contributed by atoms with van der Waals surface area (Å²) < 4.78 is 9.26. The van der Waals surface area contributed by atoms with Gasteiger partial charge in [0.05, 0.1) is 16.1 Å². The lowest BCUT2D eigenvalue weighted by atomic mass is 10.1. The maximum absolute atomic E-state index is 6.85. The van der Waals surface area contributed by atoms with E-state index < -0.39 is 0 Å². The van der Waals surface area contributed by atoms with Crippen LogP contribution >= 0.6 is 22.9 Å². The molecule has 0 spiro atoms. The lowest BCUT2D eigenvalue weighted by Gasteiger charge is -2.26. The van der Waals surface area contributed by atoms with Crippen LogP contribution in [0.2, 0.25) is 5.02 Å². The van der Waals surface area contributed by atoms with Crippen molar-refractivity contribution in [1.29, 1.82) is 0 Å². The van der Waals surface area contributed by atoms with Gasteiger partial charge < -0.3 is 14.2 Å². The fraction of sp³-hybridized carbons (Fsp3) is 0. The number of hydrogen-bond acceptors (Lipinski definition) is 4. The summed E-state index contributed by atoms with van der Waals surface area (Å²) >= 11 is 8.65. The van der Waals surface area contributed by atoms with Crippen LogP contribution in [0.25, 0.3) is 42.1 Å². The number of halogens is 1. The van der Waals surface area contributed by atoms with Crippen molar-refractivity contribution >= 4 is 99.2 Å². The van der Waals surface area contributed by atoms with Crippen LogP contribution in [-0.2, 0) is 0 Å². The molecule has 2 heterocycles. The lowest BCUT2D eigenvalue weighted by molar-refractivity contribution is 0.669. The lowest BCUT2D eigenvalue weighted by Crippen LogP contribution is -2.10. The molecule has 2 aromatic heterocycles. The van der Waals surface area contributed by atoms with Gasteiger partial charge in [0.15, 0.2) is 5.58 Å². The molecule has 0 fully saturated rings. The molecule has 0 aliphatic heterocycles. The van der Waals surface area contributed by atoms with Crippen LogP contribution < -0.4 is 9.80 Å². The highest BCUT2D eigenvalue weighted by molar-refractivity contribution is 7.26. The molecule has 5 heteroatoms. The van der Waals surface area contributed by atoms with E-state index in [0.29, 0.717) is 5.02 Å². The van der Waals surface area contributed by atoms with Crippen LogP contribution in [0, 0.1) is 0 Å². The van der Waals surface area contributed by atoms with Gasteiger partial charge >= 0.3 is 0 Å². The molecule has 0 amide bonds. The minimum absolute atomic E-state index is 0.702. The molecular weight excluding hydrogens is 616 g/mol. The predicted molar refractivity (Wildman–Crippen MR) is 201 cm³/mol. The fourth-order valence-electron chi connectivity index (χ4n) is 6.61. The Morgan fingerprint density at radius 3 is 1.72 bits per heavy atom. The summed E-state index contributed by atoms with van der Waals surface area (Å²) in [5, 5.41) is 5.21. The van der Waals surface area contributed by atoms with Crippen LogP contribution in [0.5, 0.6) is 0 Å². The number of fused-ring (bicyclic) bond motifs is 6. The molecular formula is C42H27ClN2OS. The SMILES string of the molecule is Clc1cc(N(c2ccccc2)c2ccc3c(c2)oc2c(N(c4ccccc4)c4ccccc4)cccc23)c2sc3ccccc3c2c1. The van der Waals surface area contributed by atoms with Crippen molar-refractivity contribution in [3.63, 3.8) is 0 Å². The van der Waals surface area contributed by atoms with E-state index in [1.807, 2.05) is 18.2 Å². The van der Waals surface area contributed by atoms with E-state index in [0.717, 1.165) is 61.4 Å². The number of furan rings is 1. The van der Waals surface area contributed by atoms with Gasteiger partial charge in [-0.3, -0.25) is 0 Å². The van der Waals surface area contributed by atoms with E-state index in [1.165, 1.54) is 14.8 Å². The highest BCUT2D eigenvalue weighted by atomic mass is 35.5. The second-order valence-electron chi connectivity index (χ2n) is 11.5. The van der Waals surface area contributed by atoms with Crippen LogP contribution in [0.3, 0.4) is 0 Å². The van der Waals surface area contributed by atoms with Crippen molar-refractivity contribution in [3.05, 3.63) is 169 Å². The van der Waals surface area contributed by atoms with Crippen molar-refractivity contribution in [3.8, 4) is 0 Å². The van der Waals surface area contributed by atoms with Gasteiger partial charge in [-0.2, -0.15) is 0 Å². The number of para-hydroxylation sites is 4. The van der Waals surface area contributed by atoms with Gasteiger partial charge in [0.25, 0.3) is 0 Å². The summed E-state index contributed by atoms with van der Waals surface area (Å²) in [5.74, 6) is 0. The van der Waals surface area contributed by atoms with E-state index in [1.54, 1.807) is 11.3 Å². The van der Waals surface area contributed by atoms with Gasteiger partial charge in [0.2, 0.25) is 0 Å². The number of thiophene rings is 1. The van der Waals surface area contributed by atoms with Crippen LogP contribution in [0.15, 0.2) is 168 Å². The summed E-state index contributed by atoms with van der Waals surface area (Å²) in [7, 11) is 0. The van der Waals surface area contributed by atoms with Crippen molar-refractivity contribution in [2.24, 2.45) is 0 Å². The molecule has 9 rings (SSSR count). The summed E-state index contributed by atoms with van der Waals surface area (Å²) in [4.78, 5) is 4.55. The molecule has 0 aliphatic rings. The molecule has 7 aromatic carbocycles. The molecule has 224 valence electrons. The number of rotatable bonds is 6. The number of hydrogen-bond donors (Lipinski definition) is 0. The number of anilines is 6. The molecule has 0 atom stereocenters. The van der Waals surface area contributed by atoms with E-state index in [9.17, 15) is 0 Å². The highest BCUT2D eigenvalue weighted by Gasteiger charge is 2.22. The first kappa shape index (κ1) is 27.7. The minimum Gasteiger partial charge on any atom is -0.454 e. The minimum atomic E-state index is 0.702. The van der Waals surface area contributed by atoms with Gasteiger partial charge in [0, 0.05) is 60.1 Å². The summed E-state index contributed by atoms with van der Waals surface area (Å²) in [6.45, 7) is 0. The molecule has 9 aromatic rings. The largest absolute Gasteiger partial charge is 0.454 e. The Kier molecular flexibility index (Phi) is 6.70. The Bertz CT molecular complexity index is 2500. The fourth-order valence-corrected chi connectivity index (χ4v) is 8.01. The summed E-state index contributed by atoms with van der Waals surface area (Å²) in [6.07, 6.45) is 0. The molecule has 47 heavy (non-hydrogen) atoms. The van der Waals surface area contributed by atoms with E-state index in [-0.39, 0.29) is 0 Å². The molecule has 0 N–H and O–H groups in total. The van der Waals surface area contributed by atoms with Crippen LogP contribution in [-0.4, -0.2) is 0 Å². The topological polar surface area (TPSA) is 19.6 Å². The molecule has 0 saturated heterocycles. The van der Waals surface area contributed by atoms with E-state index >= 15 is 0 Å². The Labute approximate surface area is 281 Å². The third-order valence-electron chi connectivity index (χ3n) is 8.67. The Morgan fingerprint density at radius 2 is 1.04 bits per heavy atom. The summed E-state index contributed by atoms with van der Waals surface area (Å²) in [5.41, 5.74) is 7.86. The van der Waals surface area contributed by atoms with Crippen molar-refractivity contribution < 1.29 is 4.42 Å². The third-order valence-corrected chi connectivity index (χ3v) is 10.1. The number of nitrogens with zero attached hydrogens (tertiary/aromatic N) is 2. The Hall–Kier alpha value is -5.55. The molecule has 3 nitrogen and oxygen atoms in total.